The molecule has 4 rings (SSSR count). The zero-order valence-electron chi connectivity index (χ0n) is 18.7. The number of carboxylic acids is 1. The molecular formula is C24H29ClN2O6. The number of anilines is 1. The van der Waals surface area contributed by atoms with Crippen LogP contribution in [0.5, 0.6) is 0 Å². The number of benzene rings is 1. The van der Waals surface area contributed by atoms with E-state index in [1.54, 1.807) is 37.3 Å². The lowest BCUT2D eigenvalue weighted by Gasteiger charge is -2.37. The van der Waals surface area contributed by atoms with Crippen LogP contribution in [0, 0.1) is 17.8 Å². The Morgan fingerprint density at radius 2 is 2.03 bits per heavy atom. The number of likely N-dealkylation sites (tertiary alicyclic amines) is 1. The van der Waals surface area contributed by atoms with Gasteiger partial charge in [0.2, 0.25) is 5.91 Å². The first kappa shape index (κ1) is 23.7. The summed E-state index contributed by atoms with van der Waals surface area (Å²) in [5.41, 5.74) is -1.70. The predicted octanol–water partition coefficient (Wildman–Crippen LogP) is 2.34. The fourth-order valence-corrected chi connectivity index (χ4v) is 6.22. The fraction of sp³-hybridized carbons (Fsp3) is 0.542. The number of rotatable bonds is 8. The zero-order valence-corrected chi connectivity index (χ0v) is 19.5. The van der Waals surface area contributed by atoms with Gasteiger partial charge in [0, 0.05) is 30.4 Å². The van der Waals surface area contributed by atoms with Crippen molar-refractivity contribution in [1.82, 2.24) is 4.90 Å². The van der Waals surface area contributed by atoms with Crippen LogP contribution in [0.1, 0.15) is 26.7 Å². The largest absolute Gasteiger partial charge is 0.481 e. The van der Waals surface area contributed by atoms with Gasteiger partial charge in [0.05, 0.1) is 11.5 Å². The molecule has 3 aliphatic rings. The molecule has 1 spiro atoms. The summed E-state index contributed by atoms with van der Waals surface area (Å²) in [7, 11) is 0. The first-order valence-corrected chi connectivity index (χ1v) is 11.5. The Labute approximate surface area is 197 Å². The zero-order chi connectivity index (χ0) is 24.1. The molecule has 3 heterocycles. The molecule has 6 atom stereocenters. The second-order valence-corrected chi connectivity index (χ2v) is 9.80. The third kappa shape index (κ3) is 3.38. The van der Waals surface area contributed by atoms with E-state index in [9.17, 15) is 24.6 Å². The van der Waals surface area contributed by atoms with Gasteiger partial charge in [0.25, 0.3) is 5.91 Å². The van der Waals surface area contributed by atoms with E-state index in [0.717, 1.165) is 0 Å². The lowest BCUT2D eigenvalue weighted by atomic mass is 9.62. The van der Waals surface area contributed by atoms with Gasteiger partial charge >= 0.3 is 5.97 Å². The summed E-state index contributed by atoms with van der Waals surface area (Å²) in [5, 5.41) is 20.0. The van der Waals surface area contributed by atoms with E-state index in [0.29, 0.717) is 17.1 Å². The second-order valence-electron chi connectivity index (χ2n) is 9.36. The van der Waals surface area contributed by atoms with E-state index >= 15 is 0 Å². The van der Waals surface area contributed by atoms with Gasteiger partial charge in [0.15, 0.2) is 0 Å². The van der Waals surface area contributed by atoms with E-state index in [1.165, 1.54) is 9.80 Å². The van der Waals surface area contributed by atoms with Crippen LogP contribution < -0.4 is 4.90 Å². The highest BCUT2D eigenvalue weighted by Crippen LogP contribution is 2.65. The number of amides is 2. The van der Waals surface area contributed by atoms with Crippen LogP contribution in [-0.4, -0.2) is 69.8 Å². The lowest BCUT2D eigenvalue weighted by Crippen LogP contribution is -2.57. The van der Waals surface area contributed by atoms with Gasteiger partial charge in [-0.1, -0.05) is 24.6 Å². The van der Waals surface area contributed by atoms with Gasteiger partial charge in [-0.25, -0.2) is 0 Å². The molecule has 1 aromatic carbocycles. The Bertz CT molecular complexity index is 984. The first-order valence-electron chi connectivity index (χ1n) is 11.1. The highest BCUT2D eigenvalue weighted by molar-refractivity contribution is 6.30. The molecule has 1 aromatic rings. The first-order chi connectivity index (χ1) is 15.6. The molecule has 33 heavy (non-hydrogen) atoms. The number of carbonyl (C=O) groups excluding carboxylic acids is 2. The van der Waals surface area contributed by atoms with Crippen LogP contribution in [0.4, 0.5) is 5.69 Å². The number of nitrogens with zero attached hydrogens (tertiary/aromatic N) is 2. The Kier molecular flexibility index (Phi) is 6.05. The van der Waals surface area contributed by atoms with Crippen LogP contribution in [-0.2, 0) is 19.1 Å². The summed E-state index contributed by atoms with van der Waals surface area (Å²) >= 11 is 6.02. The summed E-state index contributed by atoms with van der Waals surface area (Å²) in [6.07, 6.45) is 2.26. The van der Waals surface area contributed by atoms with Crippen molar-refractivity contribution in [3.63, 3.8) is 0 Å². The van der Waals surface area contributed by atoms with Crippen LogP contribution in [0.25, 0.3) is 0 Å². The average molecular weight is 477 g/mol. The van der Waals surface area contributed by atoms with Gasteiger partial charge in [0.1, 0.15) is 17.6 Å². The van der Waals surface area contributed by atoms with Crippen LogP contribution in [0.3, 0.4) is 0 Å². The molecule has 2 N–H and O–H groups in total. The van der Waals surface area contributed by atoms with E-state index in [1.807, 2.05) is 6.92 Å². The van der Waals surface area contributed by atoms with Crippen LogP contribution >= 0.6 is 11.6 Å². The van der Waals surface area contributed by atoms with E-state index in [-0.39, 0.29) is 37.9 Å². The van der Waals surface area contributed by atoms with Crippen molar-refractivity contribution in [3.8, 4) is 0 Å². The molecule has 8 nitrogen and oxygen atoms in total. The van der Waals surface area contributed by atoms with Gasteiger partial charge in [-0.2, -0.15) is 0 Å². The number of aliphatic hydroxyl groups is 1. The van der Waals surface area contributed by atoms with E-state index in [4.69, 9.17) is 16.3 Å². The van der Waals surface area contributed by atoms with E-state index in [2.05, 4.69) is 6.58 Å². The van der Waals surface area contributed by atoms with Crippen molar-refractivity contribution < 1.29 is 29.3 Å². The summed E-state index contributed by atoms with van der Waals surface area (Å²) in [5.74, 6) is -4.03. The molecule has 3 saturated heterocycles. The van der Waals surface area contributed by atoms with Crippen molar-refractivity contribution in [1.29, 1.82) is 0 Å². The summed E-state index contributed by atoms with van der Waals surface area (Å²) in [6.45, 7) is 7.57. The average Bonchev–Trinajstić information content (AvgIpc) is 3.27. The normalized spacial score (nSPS) is 34.4. The monoisotopic (exact) mass is 476 g/mol. The molecule has 2 amide bonds. The number of carboxylic acid groups (broad SMARTS) is 1. The second kappa shape index (κ2) is 8.42. The summed E-state index contributed by atoms with van der Waals surface area (Å²) in [4.78, 5) is 43.0. The van der Waals surface area contributed by atoms with Crippen LogP contribution in [0.15, 0.2) is 36.9 Å². The minimum Gasteiger partial charge on any atom is -0.481 e. The molecule has 3 aliphatic heterocycles. The molecule has 0 radical (unpaired) electrons. The minimum atomic E-state index is -1.24. The minimum absolute atomic E-state index is 0.132. The van der Waals surface area contributed by atoms with Gasteiger partial charge in [-0.15, -0.1) is 6.58 Å². The van der Waals surface area contributed by atoms with Crippen molar-refractivity contribution in [2.75, 3.05) is 24.6 Å². The molecule has 9 heteroatoms. The fourth-order valence-electron chi connectivity index (χ4n) is 6.10. The van der Waals surface area contributed by atoms with Gasteiger partial charge in [-0.3, -0.25) is 14.4 Å². The smallest absolute Gasteiger partial charge is 0.310 e. The molecule has 0 aliphatic carbocycles. The number of aliphatic carboxylic acids is 1. The number of hydrogen-bond acceptors (Lipinski definition) is 5. The highest BCUT2D eigenvalue weighted by atomic mass is 35.5. The number of carbonyl (C=O) groups is 3. The molecule has 178 valence electrons. The lowest BCUT2D eigenvalue weighted by molar-refractivity contribution is -0.156. The summed E-state index contributed by atoms with van der Waals surface area (Å²) < 4.78 is 6.45. The maximum absolute atomic E-state index is 14.1. The third-order valence-corrected chi connectivity index (χ3v) is 7.84. The van der Waals surface area contributed by atoms with Gasteiger partial charge < -0.3 is 24.7 Å². The highest BCUT2D eigenvalue weighted by Gasteiger charge is 2.80. The SMILES string of the molecule is C=CCN(C(=O)C1N(CCCO)C(=O)[C@@H]2[C@H](C(=O)O)[C@@]3(C)OC12CC3C)c1ccc(Cl)cc1. The standard InChI is InChI=1S/C24H29ClN2O6/c1-4-10-26(16-8-6-15(25)7-9-16)21(30)19-24-13-14(2)23(3,33-24)18(22(31)32)17(24)20(29)27(19)11-5-12-28/h4,6-9,14,17-19,28H,1,5,10-13H2,2-3H3,(H,31,32)/t14?,17-,18+,19?,23-,24?/m0/s1. The Balaban J connectivity index is 1.82. The Morgan fingerprint density at radius 1 is 1.36 bits per heavy atom. The molecule has 0 aromatic heterocycles. The quantitative estimate of drug-likeness (QED) is 0.558. The predicted molar refractivity (Wildman–Crippen MR) is 122 cm³/mol. The maximum Gasteiger partial charge on any atom is 0.310 e. The topological polar surface area (TPSA) is 107 Å². The number of fused-ring (bicyclic) bond motifs is 1. The molecule has 3 fully saturated rings. The molecule has 0 saturated carbocycles. The molecule has 2 bridgehead atoms. The molecular weight excluding hydrogens is 448 g/mol. The Hall–Kier alpha value is -2.42. The van der Waals surface area contributed by atoms with Gasteiger partial charge in [-0.05, 0) is 49.9 Å². The number of aliphatic hydroxyl groups excluding tert-OH is 1. The maximum atomic E-state index is 14.1. The van der Waals surface area contributed by atoms with Crippen LogP contribution in [0.2, 0.25) is 5.02 Å². The number of halogens is 1. The summed E-state index contributed by atoms with van der Waals surface area (Å²) in [6, 6.07) is 5.76. The molecule has 3 unspecified atom stereocenters. The number of hydrogen-bond donors (Lipinski definition) is 2. The van der Waals surface area contributed by atoms with Crippen molar-refractivity contribution in [2.24, 2.45) is 17.8 Å². The third-order valence-electron chi connectivity index (χ3n) is 7.59. The Morgan fingerprint density at radius 3 is 2.61 bits per heavy atom. The van der Waals surface area contributed by atoms with Crippen molar-refractivity contribution >= 4 is 35.1 Å². The van der Waals surface area contributed by atoms with Crippen molar-refractivity contribution in [3.05, 3.63) is 41.9 Å². The number of ether oxygens (including phenoxy) is 1. The van der Waals surface area contributed by atoms with E-state index < -0.39 is 41.0 Å². The van der Waals surface area contributed by atoms with Crippen molar-refractivity contribution in [2.45, 2.75) is 43.9 Å².